The third-order valence-corrected chi connectivity index (χ3v) is 3.04. The molecule has 112 valence electrons. The van der Waals surface area contributed by atoms with Crippen LogP contribution in [0, 0.1) is 0 Å². The molecule has 0 saturated heterocycles. The topological polar surface area (TPSA) is 29.5 Å². The van der Waals surface area contributed by atoms with Crippen LogP contribution in [0.4, 0.5) is 13.2 Å². The normalized spacial score (nSPS) is 13.0. The quantitative estimate of drug-likeness (QED) is 0.909. The van der Waals surface area contributed by atoms with Crippen LogP contribution in [-0.2, 0) is 12.8 Å². The van der Waals surface area contributed by atoms with Crippen molar-refractivity contribution in [2.45, 2.75) is 25.8 Å². The number of aliphatic hydroxyl groups excluding tert-OH is 1. The molecule has 0 spiro atoms. The van der Waals surface area contributed by atoms with E-state index >= 15 is 0 Å². The van der Waals surface area contributed by atoms with E-state index in [4.69, 9.17) is 4.74 Å². The number of benzene rings is 2. The fourth-order valence-corrected chi connectivity index (χ4v) is 1.91. The second-order valence-corrected chi connectivity index (χ2v) is 4.70. The third-order valence-electron chi connectivity index (χ3n) is 3.04. The Morgan fingerprint density at radius 2 is 1.67 bits per heavy atom. The van der Waals surface area contributed by atoms with Crippen LogP contribution in [-0.4, -0.2) is 5.11 Å². The van der Waals surface area contributed by atoms with Gasteiger partial charge in [0.15, 0.2) is 0 Å². The zero-order valence-corrected chi connectivity index (χ0v) is 11.4. The van der Waals surface area contributed by atoms with Gasteiger partial charge in [-0.05, 0) is 30.7 Å². The van der Waals surface area contributed by atoms with Crippen LogP contribution in [0.3, 0.4) is 0 Å². The lowest BCUT2D eigenvalue weighted by Crippen LogP contribution is -2.05. The minimum Gasteiger partial charge on any atom is -0.489 e. The number of alkyl halides is 3. The highest BCUT2D eigenvalue weighted by atomic mass is 19.4. The Morgan fingerprint density at radius 3 is 2.24 bits per heavy atom. The maximum absolute atomic E-state index is 12.5. The molecular formula is C16H15F3O2. The van der Waals surface area contributed by atoms with E-state index in [1.54, 1.807) is 31.2 Å². The minimum absolute atomic E-state index is 0.141. The predicted octanol–water partition coefficient (Wildman–Crippen LogP) is 4.34. The fourth-order valence-electron chi connectivity index (χ4n) is 1.91. The average Bonchev–Trinajstić information content (AvgIpc) is 2.45. The van der Waals surface area contributed by atoms with Gasteiger partial charge in [-0.1, -0.05) is 30.3 Å². The Bertz CT molecular complexity index is 589. The molecule has 0 aromatic heterocycles. The van der Waals surface area contributed by atoms with E-state index in [9.17, 15) is 18.3 Å². The minimum atomic E-state index is -4.34. The van der Waals surface area contributed by atoms with Gasteiger partial charge in [-0.2, -0.15) is 13.2 Å². The number of para-hydroxylation sites is 1. The molecule has 0 bridgehead atoms. The molecule has 0 unspecified atom stereocenters. The van der Waals surface area contributed by atoms with Gasteiger partial charge in [0.25, 0.3) is 0 Å². The Labute approximate surface area is 120 Å². The van der Waals surface area contributed by atoms with Crippen LogP contribution < -0.4 is 4.74 Å². The molecule has 2 rings (SSSR count). The van der Waals surface area contributed by atoms with Crippen LogP contribution in [0.1, 0.15) is 29.7 Å². The molecule has 2 nitrogen and oxygen atoms in total. The van der Waals surface area contributed by atoms with Crippen molar-refractivity contribution in [3.05, 3.63) is 65.2 Å². The van der Waals surface area contributed by atoms with E-state index in [0.29, 0.717) is 16.9 Å². The van der Waals surface area contributed by atoms with Crippen molar-refractivity contribution < 1.29 is 23.0 Å². The zero-order chi connectivity index (χ0) is 15.5. The Hall–Kier alpha value is -2.01. The number of hydrogen-bond acceptors (Lipinski definition) is 2. The van der Waals surface area contributed by atoms with E-state index in [1.807, 2.05) is 0 Å². The van der Waals surface area contributed by atoms with Crippen molar-refractivity contribution in [3.63, 3.8) is 0 Å². The molecule has 0 fully saturated rings. The van der Waals surface area contributed by atoms with E-state index in [-0.39, 0.29) is 6.61 Å². The molecule has 0 saturated carbocycles. The van der Waals surface area contributed by atoms with E-state index in [0.717, 1.165) is 12.1 Å². The van der Waals surface area contributed by atoms with Gasteiger partial charge in [-0.15, -0.1) is 0 Å². The maximum Gasteiger partial charge on any atom is 0.416 e. The number of aliphatic hydroxyl groups is 1. The smallest absolute Gasteiger partial charge is 0.416 e. The van der Waals surface area contributed by atoms with Crippen LogP contribution in [0.5, 0.6) is 5.75 Å². The van der Waals surface area contributed by atoms with Crippen molar-refractivity contribution in [2.75, 3.05) is 0 Å². The monoisotopic (exact) mass is 296 g/mol. The lowest BCUT2D eigenvalue weighted by Gasteiger charge is -2.13. The molecule has 2 aromatic carbocycles. The van der Waals surface area contributed by atoms with Crippen molar-refractivity contribution >= 4 is 0 Å². The van der Waals surface area contributed by atoms with Gasteiger partial charge >= 0.3 is 6.18 Å². The number of ether oxygens (including phenoxy) is 1. The molecule has 2 aromatic rings. The summed E-state index contributed by atoms with van der Waals surface area (Å²) in [4.78, 5) is 0. The molecule has 1 N–H and O–H groups in total. The summed E-state index contributed by atoms with van der Waals surface area (Å²) in [5.41, 5.74) is 0.587. The standard InChI is InChI=1S/C16H15F3O2/c1-11(20)14-4-2-3-5-15(14)21-10-12-6-8-13(9-7-12)16(17,18)19/h2-9,11,20H,10H2,1H3/t11-/m0/s1. The SMILES string of the molecule is C[C@H](O)c1ccccc1OCc1ccc(C(F)(F)F)cc1. The third kappa shape index (κ3) is 3.98. The fraction of sp³-hybridized carbons (Fsp3) is 0.250. The summed E-state index contributed by atoms with van der Waals surface area (Å²) in [7, 11) is 0. The van der Waals surface area contributed by atoms with Gasteiger partial charge in [0.2, 0.25) is 0 Å². The molecule has 5 heteroatoms. The van der Waals surface area contributed by atoms with Crippen LogP contribution in [0.25, 0.3) is 0 Å². The highest BCUT2D eigenvalue weighted by Crippen LogP contribution is 2.29. The number of hydrogen-bond donors (Lipinski definition) is 1. The van der Waals surface area contributed by atoms with Crippen LogP contribution >= 0.6 is 0 Å². The Morgan fingerprint density at radius 1 is 1.05 bits per heavy atom. The second-order valence-electron chi connectivity index (χ2n) is 4.70. The Balaban J connectivity index is 2.07. The van der Waals surface area contributed by atoms with Crippen LogP contribution in [0.2, 0.25) is 0 Å². The average molecular weight is 296 g/mol. The summed E-state index contributed by atoms with van der Waals surface area (Å²) in [5.74, 6) is 0.521. The second kappa shape index (κ2) is 6.18. The molecule has 1 atom stereocenters. The van der Waals surface area contributed by atoms with E-state index in [2.05, 4.69) is 0 Å². The number of rotatable bonds is 4. The summed E-state index contributed by atoms with van der Waals surface area (Å²) in [6.45, 7) is 1.77. The van der Waals surface area contributed by atoms with Crippen molar-refractivity contribution in [1.82, 2.24) is 0 Å². The first kappa shape index (κ1) is 15.4. The Kier molecular flexibility index (Phi) is 4.53. The maximum atomic E-state index is 12.5. The van der Waals surface area contributed by atoms with Gasteiger partial charge in [0, 0.05) is 5.56 Å². The summed E-state index contributed by atoms with van der Waals surface area (Å²) in [5, 5.41) is 9.62. The number of halogens is 3. The van der Waals surface area contributed by atoms with E-state index < -0.39 is 17.8 Å². The van der Waals surface area contributed by atoms with Gasteiger partial charge in [0.05, 0.1) is 11.7 Å². The summed E-state index contributed by atoms with van der Waals surface area (Å²) in [6.07, 6.45) is -5.01. The molecular weight excluding hydrogens is 281 g/mol. The zero-order valence-electron chi connectivity index (χ0n) is 11.4. The molecule has 21 heavy (non-hydrogen) atoms. The highest BCUT2D eigenvalue weighted by Gasteiger charge is 2.29. The molecule has 0 aliphatic rings. The lowest BCUT2D eigenvalue weighted by molar-refractivity contribution is -0.137. The van der Waals surface area contributed by atoms with Gasteiger partial charge in [-0.25, -0.2) is 0 Å². The van der Waals surface area contributed by atoms with Gasteiger partial charge in [-0.3, -0.25) is 0 Å². The largest absolute Gasteiger partial charge is 0.489 e. The van der Waals surface area contributed by atoms with Crippen molar-refractivity contribution in [2.24, 2.45) is 0 Å². The molecule has 0 amide bonds. The first-order valence-corrected chi connectivity index (χ1v) is 6.44. The first-order chi connectivity index (χ1) is 9.88. The predicted molar refractivity (Wildman–Crippen MR) is 72.9 cm³/mol. The summed E-state index contributed by atoms with van der Waals surface area (Å²) < 4.78 is 42.9. The van der Waals surface area contributed by atoms with Gasteiger partial charge < -0.3 is 9.84 Å². The van der Waals surface area contributed by atoms with Gasteiger partial charge in [0.1, 0.15) is 12.4 Å². The lowest BCUT2D eigenvalue weighted by atomic mass is 10.1. The van der Waals surface area contributed by atoms with Crippen LogP contribution in [0.15, 0.2) is 48.5 Å². The van der Waals surface area contributed by atoms with Crippen molar-refractivity contribution in [3.8, 4) is 5.75 Å². The van der Waals surface area contributed by atoms with E-state index in [1.165, 1.54) is 12.1 Å². The molecule has 0 heterocycles. The molecule has 0 radical (unpaired) electrons. The summed E-state index contributed by atoms with van der Waals surface area (Å²) >= 11 is 0. The van der Waals surface area contributed by atoms with Crippen molar-refractivity contribution in [1.29, 1.82) is 0 Å². The molecule has 0 aliphatic carbocycles. The summed E-state index contributed by atoms with van der Waals surface area (Å²) in [6, 6.07) is 11.8. The first-order valence-electron chi connectivity index (χ1n) is 6.44. The highest BCUT2D eigenvalue weighted by molar-refractivity contribution is 5.35. The molecule has 0 aliphatic heterocycles.